The fraction of sp³-hybridized carbons (Fsp3) is 0.0714. The molecule has 106 valence electrons. The van der Waals surface area contributed by atoms with E-state index in [0.717, 1.165) is 9.99 Å². The molecule has 0 saturated heterocycles. The maximum Gasteiger partial charge on any atom is 0.269 e. The van der Waals surface area contributed by atoms with E-state index in [2.05, 4.69) is 21.0 Å². The minimum atomic E-state index is -0.426. The van der Waals surface area contributed by atoms with Gasteiger partial charge in [0.25, 0.3) is 5.69 Å². The van der Waals surface area contributed by atoms with Crippen LogP contribution in [0.4, 0.5) is 5.69 Å². The fourth-order valence-corrected chi connectivity index (χ4v) is 2.43. The van der Waals surface area contributed by atoms with Gasteiger partial charge in [0, 0.05) is 22.8 Å². The highest BCUT2D eigenvalue weighted by molar-refractivity contribution is 9.10. The van der Waals surface area contributed by atoms with Gasteiger partial charge in [-0.15, -0.1) is 0 Å². The number of pyridine rings is 1. The number of aromatic nitrogens is 2. The predicted molar refractivity (Wildman–Crippen MR) is 80.8 cm³/mol. The molecule has 0 unspecified atom stereocenters. The van der Waals surface area contributed by atoms with Crippen molar-refractivity contribution in [2.24, 2.45) is 0 Å². The Morgan fingerprint density at radius 3 is 2.81 bits per heavy atom. The van der Waals surface area contributed by atoms with Gasteiger partial charge in [-0.2, -0.15) is 5.10 Å². The van der Waals surface area contributed by atoms with Crippen LogP contribution in [0.25, 0.3) is 5.52 Å². The van der Waals surface area contributed by atoms with Crippen molar-refractivity contribution in [1.29, 1.82) is 0 Å². The van der Waals surface area contributed by atoms with Crippen LogP contribution >= 0.6 is 15.9 Å². The van der Waals surface area contributed by atoms with E-state index in [-0.39, 0.29) is 5.69 Å². The molecule has 0 aliphatic rings. The first-order chi connectivity index (χ1) is 10.0. The van der Waals surface area contributed by atoms with Gasteiger partial charge < -0.3 is 4.74 Å². The number of halogens is 1. The zero-order chi connectivity index (χ0) is 15.0. The Kier molecular flexibility index (Phi) is 3.34. The number of nitro groups is 1. The van der Waals surface area contributed by atoms with Crippen molar-refractivity contribution in [2.45, 2.75) is 6.92 Å². The molecule has 0 atom stereocenters. The largest absolute Gasteiger partial charge is 0.455 e. The SMILES string of the molecule is Cc1cc([N+](=O)[O-])ccc1Oc1cc(Br)cn2nccc12. The van der Waals surface area contributed by atoms with E-state index < -0.39 is 4.92 Å². The van der Waals surface area contributed by atoms with E-state index in [0.29, 0.717) is 17.1 Å². The summed E-state index contributed by atoms with van der Waals surface area (Å²) < 4.78 is 8.40. The smallest absolute Gasteiger partial charge is 0.269 e. The van der Waals surface area contributed by atoms with Gasteiger partial charge in [0.1, 0.15) is 11.3 Å². The van der Waals surface area contributed by atoms with Gasteiger partial charge in [-0.05, 0) is 46.6 Å². The Morgan fingerprint density at radius 2 is 2.10 bits per heavy atom. The Balaban J connectivity index is 2.02. The maximum absolute atomic E-state index is 10.8. The lowest BCUT2D eigenvalue weighted by Crippen LogP contribution is -1.94. The predicted octanol–water partition coefficient (Wildman–Crippen LogP) is 4.11. The molecular weight excluding hydrogens is 338 g/mol. The summed E-state index contributed by atoms with van der Waals surface area (Å²) in [5.74, 6) is 1.20. The van der Waals surface area contributed by atoms with Crippen molar-refractivity contribution in [3.8, 4) is 11.5 Å². The van der Waals surface area contributed by atoms with E-state index in [1.807, 2.05) is 18.3 Å². The Labute approximate surface area is 128 Å². The highest BCUT2D eigenvalue weighted by Gasteiger charge is 2.12. The summed E-state index contributed by atoms with van der Waals surface area (Å²) in [7, 11) is 0. The number of aryl methyl sites for hydroxylation is 1. The molecule has 0 amide bonds. The molecule has 2 aromatic heterocycles. The summed E-state index contributed by atoms with van der Waals surface area (Å²) in [5, 5.41) is 14.9. The van der Waals surface area contributed by atoms with Crippen molar-refractivity contribution in [3.05, 3.63) is 62.9 Å². The van der Waals surface area contributed by atoms with E-state index in [4.69, 9.17) is 4.74 Å². The number of non-ortho nitro benzene ring substituents is 1. The summed E-state index contributed by atoms with van der Waals surface area (Å²) in [6, 6.07) is 8.18. The number of benzene rings is 1. The molecule has 0 spiro atoms. The Morgan fingerprint density at radius 1 is 1.29 bits per heavy atom. The first kappa shape index (κ1) is 13.6. The summed E-state index contributed by atoms with van der Waals surface area (Å²) >= 11 is 3.40. The average molecular weight is 348 g/mol. The molecule has 0 fully saturated rings. The highest BCUT2D eigenvalue weighted by atomic mass is 79.9. The zero-order valence-corrected chi connectivity index (χ0v) is 12.6. The van der Waals surface area contributed by atoms with Crippen molar-refractivity contribution >= 4 is 27.1 Å². The number of fused-ring (bicyclic) bond motifs is 1. The number of rotatable bonds is 3. The van der Waals surface area contributed by atoms with Gasteiger partial charge in [-0.25, -0.2) is 4.52 Å². The van der Waals surface area contributed by atoms with Crippen LogP contribution < -0.4 is 4.74 Å². The van der Waals surface area contributed by atoms with Crippen LogP contribution in [0.15, 0.2) is 47.2 Å². The third-order valence-electron chi connectivity index (χ3n) is 3.03. The Hall–Kier alpha value is -2.41. The van der Waals surface area contributed by atoms with E-state index in [1.54, 1.807) is 23.7 Å². The van der Waals surface area contributed by atoms with Crippen LogP contribution in [0.2, 0.25) is 0 Å². The van der Waals surface area contributed by atoms with Gasteiger partial charge in [0.15, 0.2) is 5.75 Å². The summed E-state index contributed by atoms with van der Waals surface area (Å²) in [5.41, 5.74) is 1.56. The number of hydrogen-bond donors (Lipinski definition) is 0. The third kappa shape index (κ3) is 2.59. The van der Waals surface area contributed by atoms with Gasteiger partial charge in [-0.1, -0.05) is 0 Å². The third-order valence-corrected chi connectivity index (χ3v) is 3.46. The molecule has 3 rings (SSSR count). The Bertz CT molecular complexity index is 845. The zero-order valence-electron chi connectivity index (χ0n) is 11.0. The molecule has 0 N–H and O–H groups in total. The van der Waals surface area contributed by atoms with Crippen LogP contribution in [0.3, 0.4) is 0 Å². The van der Waals surface area contributed by atoms with Crippen molar-refractivity contribution in [1.82, 2.24) is 9.61 Å². The second-order valence-corrected chi connectivity index (χ2v) is 5.41. The molecule has 0 saturated carbocycles. The second kappa shape index (κ2) is 5.17. The minimum Gasteiger partial charge on any atom is -0.455 e. The number of nitro benzene ring substituents is 1. The van der Waals surface area contributed by atoms with E-state index >= 15 is 0 Å². The lowest BCUT2D eigenvalue weighted by Gasteiger charge is -2.10. The molecule has 0 aliphatic heterocycles. The minimum absolute atomic E-state index is 0.0450. The van der Waals surface area contributed by atoms with Gasteiger partial charge in [0.2, 0.25) is 0 Å². The summed E-state index contributed by atoms with van der Waals surface area (Å²) in [4.78, 5) is 10.3. The standard InChI is InChI=1S/C14H10BrN3O3/c1-9-6-11(18(19)20)2-3-13(9)21-14-7-10(15)8-17-12(14)4-5-16-17/h2-8H,1H3. The van der Waals surface area contributed by atoms with Crippen molar-refractivity contribution < 1.29 is 9.66 Å². The molecule has 7 heteroatoms. The first-order valence-corrected chi connectivity index (χ1v) is 6.90. The number of hydrogen-bond acceptors (Lipinski definition) is 4. The van der Waals surface area contributed by atoms with E-state index in [1.165, 1.54) is 12.1 Å². The van der Waals surface area contributed by atoms with Crippen LogP contribution in [0.5, 0.6) is 11.5 Å². The van der Waals surface area contributed by atoms with Crippen molar-refractivity contribution in [2.75, 3.05) is 0 Å². The van der Waals surface area contributed by atoms with Gasteiger partial charge >= 0.3 is 0 Å². The molecule has 0 bridgehead atoms. The normalized spacial score (nSPS) is 10.8. The second-order valence-electron chi connectivity index (χ2n) is 4.49. The summed E-state index contributed by atoms with van der Waals surface area (Å²) in [6.45, 7) is 1.77. The van der Waals surface area contributed by atoms with Gasteiger partial charge in [0.05, 0.1) is 11.1 Å². The fourth-order valence-electron chi connectivity index (χ4n) is 2.03. The molecule has 6 nitrogen and oxygen atoms in total. The van der Waals surface area contributed by atoms with Crippen LogP contribution in [-0.2, 0) is 0 Å². The number of ether oxygens (including phenoxy) is 1. The van der Waals surface area contributed by atoms with Gasteiger partial charge in [-0.3, -0.25) is 10.1 Å². The maximum atomic E-state index is 10.8. The summed E-state index contributed by atoms with van der Waals surface area (Å²) in [6.07, 6.45) is 3.50. The van der Waals surface area contributed by atoms with Crippen LogP contribution in [0, 0.1) is 17.0 Å². The van der Waals surface area contributed by atoms with Crippen LogP contribution in [-0.4, -0.2) is 14.5 Å². The lowest BCUT2D eigenvalue weighted by atomic mass is 10.2. The molecule has 21 heavy (non-hydrogen) atoms. The monoisotopic (exact) mass is 347 g/mol. The molecule has 2 heterocycles. The topological polar surface area (TPSA) is 69.7 Å². The van der Waals surface area contributed by atoms with Crippen molar-refractivity contribution in [3.63, 3.8) is 0 Å². The average Bonchev–Trinajstić information content (AvgIpc) is 2.88. The molecular formula is C14H10BrN3O3. The lowest BCUT2D eigenvalue weighted by molar-refractivity contribution is -0.384. The molecule has 3 aromatic rings. The van der Waals surface area contributed by atoms with E-state index in [9.17, 15) is 10.1 Å². The first-order valence-electron chi connectivity index (χ1n) is 6.10. The number of nitrogens with zero attached hydrogens (tertiary/aromatic N) is 3. The highest BCUT2D eigenvalue weighted by Crippen LogP contribution is 2.32. The molecule has 0 aliphatic carbocycles. The van der Waals surface area contributed by atoms with Crippen LogP contribution in [0.1, 0.15) is 5.56 Å². The molecule has 1 aromatic carbocycles. The quantitative estimate of drug-likeness (QED) is 0.528. The molecule has 0 radical (unpaired) electrons.